The maximum Gasteiger partial charge on any atom is 0.251 e. The van der Waals surface area contributed by atoms with Crippen molar-refractivity contribution in [3.63, 3.8) is 0 Å². The summed E-state index contributed by atoms with van der Waals surface area (Å²) in [7, 11) is 1.04. The number of hydrogen-bond acceptors (Lipinski definition) is 3. The van der Waals surface area contributed by atoms with Gasteiger partial charge >= 0.3 is 0 Å². The highest BCUT2D eigenvalue weighted by atomic mass is 127. The van der Waals surface area contributed by atoms with Crippen molar-refractivity contribution in [1.29, 1.82) is 0 Å². The monoisotopic (exact) mass is 548 g/mol. The molecule has 0 aliphatic heterocycles. The van der Waals surface area contributed by atoms with Gasteiger partial charge in [0, 0.05) is 53.5 Å². The number of hydrogen-bond donors (Lipinski definition) is 3. The first-order valence-corrected chi connectivity index (χ1v) is 12.2. The van der Waals surface area contributed by atoms with Gasteiger partial charge in [-0.15, -0.1) is 24.0 Å². The van der Waals surface area contributed by atoms with Gasteiger partial charge in [-0.25, -0.2) is 0 Å². The summed E-state index contributed by atoms with van der Waals surface area (Å²) in [6.45, 7) is 5.45. The molecule has 0 spiro atoms. The first kappa shape index (κ1) is 26.9. The number of aliphatic imine (C=N–C) groups is 1. The number of nitrogens with one attached hydrogen (secondary N) is 3. The number of guanidine groups is 1. The molecule has 1 fully saturated rings. The maximum absolute atomic E-state index is 12.1. The predicted octanol–water partition coefficient (Wildman–Crippen LogP) is 3.58. The molecule has 3 atom stereocenters. The average Bonchev–Trinajstić information content (AvgIpc) is 2.76. The third kappa shape index (κ3) is 8.91. The number of carbonyl (C=O) groups is 1. The molecule has 0 aromatic heterocycles. The first-order valence-electron chi connectivity index (χ1n) is 10.8. The van der Waals surface area contributed by atoms with Crippen molar-refractivity contribution in [2.75, 3.05) is 19.3 Å². The van der Waals surface area contributed by atoms with Crippen LogP contribution in [-0.4, -0.2) is 46.7 Å². The van der Waals surface area contributed by atoms with E-state index in [-0.39, 0.29) is 29.9 Å². The number of nitrogens with zero attached hydrogens (tertiary/aromatic N) is 1. The van der Waals surface area contributed by atoms with E-state index < -0.39 is 10.8 Å². The average molecular weight is 549 g/mol. The molecular weight excluding hydrogens is 511 g/mol. The summed E-state index contributed by atoms with van der Waals surface area (Å²) in [5.41, 5.74) is 1.77. The number of halogens is 1. The molecule has 0 saturated heterocycles. The van der Waals surface area contributed by atoms with Crippen molar-refractivity contribution < 1.29 is 9.00 Å². The third-order valence-corrected chi connectivity index (χ3v) is 7.08. The smallest absolute Gasteiger partial charge is 0.251 e. The Morgan fingerprint density at radius 2 is 1.90 bits per heavy atom. The molecule has 3 unspecified atom stereocenters. The Morgan fingerprint density at radius 1 is 1.17 bits per heavy atom. The lowest BCUT2D eigenvalue weighted by atomic mass is 9.95. The van der Waals surface area contributed by atoms with Gasteiger partial charge in [-0.1, -0.05) is 38.8 Å². The van der Waals surface area contributed by atoms with E-state index in [1.165, 1.54) is 0 Å². The van der Waals surface area contributed by atoms with E-state index in [1.807, 2.05) is 31.2 Å². The van der Waals surface area contributed by atoms with Crippen LogP contribution in [0.2, 0.25) is 0 Å². The van der Waals surface area contributed by atoms with Crippen molar-refractivity contribution >= 4 is 46.6 Å². The number of amides is 1. The molecule has 0 radical (unpaired) electrons. The predicted molar refractivity (Wildman–Crippen MR) is 137 cm³/mol. The molecule has 170 valence electrons. The normalized spacial score (nSPS) is 20.0. The summed E-state index contributed by atoms with van der Waals surface area (Å²) in [5, 5.41) is 10.1. The van der Waals surface area contributed by atoms with Gasteiger partial charge in [-0.2, -0.15) is 0 Å². The third-order valence-electron chi connectivity index (χ3n) is 5.34. The number of carbonyl (C=O) groups excluding carboxylic acids is 1. The Kier molecular flexibility index (Phi) is 13.2. The second-order valence-corrected chi connectivity index (χ2v) is 9.54. The summed E-state index contributed by atoms with van der Waals surface area (Å²) in [6.07, 6.45) is 6.24. The zero-order valence-electron chi connectivity index (χ0n) is 18.4. The van der Waals surface area contributed by atoms with Gasteiger partial charge in [0.2, 0.25) is 0 Å². The summed E-state index contributed by atoms with van der Waals surface area (Å²) < 4.78 is 12.1. The van der Waals surface area contributed by atoms with Gasteiger partial charge in [-0.3, -0.25) is 14.0 Å². The summed E-state index contributed by atoms with van der Waals surface area (Å²) in [5.74, 6) is 1.47. The SMILES string of the molecule is CCCCNC(=O)c1ccc(CNC(=NC)NC2CCCC(S(=O)CC)C2)cc1.I. The standard InChI is InChI=1S/C22H36N4O2S.HI/c1-4-6-14-24-21(27)18-12-10-17(11-13-18)16-25-22(23-3)26-19-8-7-9-20(15-19)29(28)5-2;/h10-13,19-20H,4-9,14-16H2,1-3H3,(H,24,27)(H2,23,25,26);1H. The lowest BCUT2D eigenvalue weighted by molar-refractivity contribution is 0.0953. The molecule has 1 amide bonds. The van der Waals surface area contributed by atoms with Crippen molar-refractivity contribution in [1.82, 2.24) is 16.0 Å². The Hall–Kier alpha value is -1.16. The highest BCUT2D eigenvalue weighted by Crippen LogP contribution is 2.23. The second-order valence-electron chi connectivity index (χ2n) is 7.53. The van der Waals surface area contributed by atoms with Crippen LogP contribution in [0.15, 0.2) is 29.3 Å². The van der Waals surface area contributed by atoms with E-state index in [0.29, 0.717) is 29.9 Å². The van der Waals surface area contributed by atoms with Crippen LogP contribution in [0.1, 0.15) is 68.3 Å². The van der Waals surface area contributed by atoms with Gasteiger partial charge in [0.15, 0.2) is 5.96 Å². The molecule has 0 bridgehead atoms. The van der Waals surface area contributed by atoms with Crippen molar-refractivity contribution in [2.45, 2.75) is 70.2 Å². The lowest BCUT2D eigenvalue weighted by Gasteiger charge is -2.30. The van der Waals surface area contributed by atoms with Crippen LogP contribution in [-0.2, 0) is 17.3 Å². The Morgan fingerprint density at radius 3 is 2.53 bits per heavy atom. The van der Waals surface area contributed by atoms with Crippen molar-refractivity contribution in [3.8, 4) is 0 Å². The van der Waals surface area contributed by atoms with Crippen molar-refractivity contribution in [2.24, 2.45) is 4.99 Å². The van der Waals surface area contributed by atoms with Gasteiger partial charge < -0.3 is 16.0 Å². The fourth-order valence-corrected chi connectivity index (χ4v) is 4.93. The second kappa shape index (κ2) is 14.8. The van der Waals surface area contributed by atoms with Crippen LogP contribution in [0, 0.1) is 0 Å². The minimum atomic E-state index is -0.727. The van der Waals surface area contributed by atoms with Gasteiger partial charge in [0.05, 0.1) is 0 Å². The minimum absolute atomic E-state index is 0. The summed E-state index contributed by atoms with van der Waals surface area (Å²) in [4.78, 5) is 16.4. The quantitative estimate of drug-likeness (QED) is 0.191. The van der Waals surface area contributed by atoms with Crippen LogP contribution in [0.5, 0.6) is 0 Å². The van der Waals surface area contributed by atoms with Crippen molar-refractivity contribution in [3.05, 3.63) is 35.4 Å². The molecule has 2 rings (SSSR count). The van der Waals surface area contributed by atoms with Crippen LogP contribution < -0.4 is 16.0 Å². The van der Waals surface area contributed by atoms with E-state index in [9.17, 15) is 9.00 Å². The Bertz CT molecular complexity index is 697. The topological polar surface area (TPSA) is 82.6 Å². The van der Waals surface area contributed by atoms with E-state index in [4.69, 9.17) is 0 Å². The van der Waals surface area contributed by atoms with Gasteiger partial charge in [-0.05, 0) is 43.4 Å². The lowest BCUT2D eigenvalue weighted by Crippen LogP contribution is -2.46. The fourth-order valence-electron chi connectivity index (χ4n) is 3.58. The Balaban J connectivity index is 0.00000450. The molecule has 8 heteroatoms. The highest BCUT2D eigenvalue weighted by molar-refractivity contribution is 14.0. The van der Waals surface area contributed by atoms with Gasteiger partial charge in [0.25, 0.3) is 5.91 Å². The van der Waals surface area contributed by atoms with Crippen LogP contribution in [0.3, 0.4) is 0 Å². The number of rotatable bonds is 9. The molecular formula is C22H37IN4O2S. The molecule has 3 N–H and O–H groups in total. The molecule has 6 nitrogen and oxygen atoms in total. The van der Waals surface area contributed by atoms with Crippen LogP contribution in [0.25, 0.3) is 0 Å². The minimum Gasteiger partial charge on any atom is -0.354 e. The fraction of sp³-hybridized carbons (Fsp3) is 0.636. The van der Waals surface area contributed by atoms with Crippen LogP contribution >= 0.6 is 24.0 Å². The number of benzene rings is 1. The first-order chi connectivity index (χ1) is 14.1. The Labute approximate surface area is 200 Å². The largest absolute Gasteiger partial charge is 0.354 e. The number of unbranched alkanes of at least 4 members (excludes halogenated alkanes) is 1. The molecule has 1 aromatic rings. The van der Waals surface area contributed by atoms with E-state index in [2.05, 4.69) is 27.9 Å². The maximum atomic E-state index is 12.1. The molecule has 1 aliphatic rings. The zero-order valence-corrected chi connectivity index (χ0v) is 21.6. The van der Waals surface area contributed by atoms with E-state index in [1.54, 1.807) is 7.05 Å². The zero-order chi connectivity index (χ0) is 21.1. The van der Waals surface area contributed by atoms with E-state index >= 15 is 0 Å². The van der Waals surface area contributed by atoms with Crippen LogP contribution in [0.4, 0.5) is 0 Å². The molecule has 1 saturated carbocycles. The highest BCUT2D eigenvalue weighted by Gasteiger charge is 2.26. The molecule has 30 heavy (non-hydrogen) atoms. The van der Waals surface area contributed by atoms with Gasteiger partial charge in [0.1, 0.15) is 0 Å². The summed E-state index contributed by atoms with van der Waals surface area (Å²) >= 11 is 0. The molecule has 1 aliphatic carbocycles. The molecule has 0 heterocycles. The molecule has 1 aromatic carbocycles. The van der Waals surface area contributed by atoms with E-state index in [0.717, 1.165) is 55.8 Å². The summed E-state index contributed by atoms with van der Waals surface area (Å²) in [6, 6.07) is 7.97.